The molecule has 0 aliphatic heterocycles. The quantitative estimate of drug-likeness (QED) is 0.645. The molecular weight excluding hydrogens is 250 g/mol. The van der Waals surface area contributed by atoms with Gasteiger partial charge in [-0.1, -0.05) is 0 Å². The molecule has 0 unspecified atom stereocenters. The number of amides is 1. The molecule has 2 aromatic rings. The number of nitrogens with one attached hydrogen (secondary N) is 2. The minimum atomic E-state index is -0.497. The molecule has 98 valence electrons. The van der Waals surface area contributed by atoms with Crippen molar-refractivity contribution in [3.8, 4) is 0 Å². The second-order valence-electron chi connectivity index (χ2n) is 4.37. The van der Waals surface area contributed by atoms with Crippen LogP contribution in [0.4, 0.5) is 11.6 Å². The number of hydrogen-bond acceptors (Lipinski definition) is 4. The summed E-state index contributed by atoms with van der Waals surface area (Å²) in [5, 5.41) is 13.4. The molecule has 0 saturated heterocycles. The summed E-state index contributed by atoms with van der Waals surface area (Å²) in [6.45, 7) is 0. The van der Waals surface area contributed by atoms with Crippen molar-refractivity contribution in [1.82, 2.24) is 14.5 Å². The Morgan fingerprint density at radius 2 is 2.37 bits per heavy atom. The Kier molecular flexibility index (Phi) is 2.55. The van der Waals surface area contributed by atoms with Gasteiger partial charge in [0.25, 0.3) is 11.6 Å². The molecule has 0 radical (unpaired) electrons. The highest BCUT2D eigenvalue weighted by Crippen LogP contribution is 2.37. The van der Waals surface area contributed by atoms with Gasteiger partial charge in [0.05, 0.1) is 11.1 Å². The Labute approximate surface area is 107 Å². The maximum Gasteiger partial charge on any atom is 0.287 e. The van der Waals surface area contributed by atoms with Crippen molar-refractivity contribution in [2.45, 2.75) is 18.9 Å². The van der Waals surface area contributed by atoms with E-state index >= 15 is 0 Å². The number of hydrogen-bond donors (Lipinski definition) is 2. The first kappa shape index (κ1) is 11.5. The fraction of sp³-hybridized carbons (Fsp3) is 0.273. The molecule has 8 nitrogen and oxygen atoms in total. The molecule has 1 fully saturated rings. The number of imidazole rings is 1. The first-order valence-corrected chi connectivity index (χ1v) is 5.82. The van der Waals surface area contributed by atoms with Gasteiger partial charge in [0.15, 0.2) is 0 Å². The molecular formula is C11H11N5O3. The van der Waals surface area contributed by atoms with Gasteiger partial charge < -0.3 is 9.55 Å². The number of rotatable bonds is 4. The molecule has 3 rings (SSSR count). The smallest absolute Gasteiger partial charge is 0.287 e. The Balaban J connectivity index is 1.90. The van der Waals surface area contributed by atoms with Crippen LogP contribution in [0, 0.1) is 10.1 Å². The van der Waals surface area contributed by atoms with E-state index in [0.717, 1.165) is 12.8 Å². The average Bonchev–Trinajstić information content (AvgIpc) is 2.92. The summed E-state index contributed by atoms with van der Waals surface area (Å²) in [7, 11) is 0. The average molecular weight is 261 g/mol. The first-order chi connectivity index (χ1) is 9.15. The third-order valence-electron chi connectivity index (χ3n) is 2.95. The lowest BCUT2D eigenvalue weighted by molar-refractivity contribution is -0.384. The number of carbonyl (C=O) groups is 1. The van der Waals surface area contributed by atoms with E-state index in [1.165, 1.54) is 18.5 Å². The lowest BCUT2D eigenvalue weighted by atomic mass is 10.4. The molecule has 1 aliphatic carbocycles. The van der Waals surface area contributed by atoms with Gasteiger partial charge in [-0.2, -0.15) is 0 Å². The van der Waals surface area contributed by atoms with Crippen LogP contribution in [0.1, 0.15) is 29.4 Å². The van der Waals surface area contributed by atoms with Crippen LogP contribution in [0.5, 0.6) is 0 Å². The number of aromatic nitrogens is 3. The zero-order valence-electron chi connectivity index (χ0n) is 9.87. The van der Waals surface area contributed by atoms with E-state index < -0.39 is 10.8 Å². The predicted octanol–water partition coefficient (Wildman–Crippen LogP) is 1.71. The standard InChI is InChI=1S/C11H11N5O3/c17-10(14-11-12-3-4-13-11)9-5-8(16(18)19)6-15(9)7-1-2-7/h3-7H,1-2H2,(H2,12,13,14,17). The van der Waals surface area contributed by atoms with Crippen LogP contribution in [0.25, 0.3) is 0 Å². The number of H-pyrrole nitrogens is 1. The summed E-state index contributed by atoms with van der Waals surface area (Å²) in [4.78, 5) is 29.0. The largest absolute Gasteiger partial charge is 0.334 e. The predicted molar refractivity (Wildman–Crippen MR) is 65.9 cm³/mol. The maximum absolute atomic E-state index is 12.1. The highest BCUT2D eigenvalue weighted by Gasteiger charge is 2.30. The molecule has 0 aromatic carbocycles. The molecule has 0 bridgehead atoms. The minimum Gasteiger partial charge on any atom is -0.334 e. The monoisotopic (exact) mass is 261 g/mol. The lowest BCUT2D eigenvalue weighted by Gasteiger charge is -2.05. The molecule has 19 heavy (non-hydrogen) atoms. The van der Waals surface area contributed by atoms with Gasteiger partial charge in [0, 0.05) is 24.5 Å². The number of aromatic amines is 1. The Bertz CT molecular complexity index is 627. The van der Waals surface area contributed by atoms with Gasteiger partial charge in [-0.3, -0.25) is 20.2 Å². The third-order valence-corrected chi connectivity index (χ3v) is 2.95. The lowest BCUT2D eigenvalue weighted by Crippen LogP contribution is -2.17. The van der Waals surface area contributed by atoms with E-state index in [2.05, 4.69) is 15.3 Å². The number of nitrogens with zero attached hydrogens (tertiary/aromatic N) is 3. The number of anilines is 1. The van der Waals surface area contributed by atoms with Crippen molar-refractivity contribution in [3.63, 3.8) is 0 Å². The highest BCUT2D eigenvalue weighted by molar-refractivity contribution is 6.02. The van der Waals surface area contributed by atoms with E-state index in [9.17, 15) is 14.9 Å². The molecule has 0 atom stereocenters. The Hall–Kier alpha value is -2.64. The van der Waals surface area contributed by atoms with Crippen LogP contribution >= 0.6 is 0 Å². The van der Waals surface area contributed by atoms with Gasteiger partial charge >= 0.3 is 0 Å². The molecule has 2 aromatic heterocycles. The van der Waals surface area contributed by atoms with Gasteiger partial charge in [-0.15, -0.1) is 0 Å². The molecule has 1 saturated carbocycles. The van der Waals surface area contributed by atoms with E-state index in [0.29, 0.717) is 5.95 Å². The molecule has 0 spiro atoms. The Morgan fingerprint density at radius 1 is 1.58 bits per heavy atom. The number of carbonyl (C=O) groups excluding carboxylic acids is 1. The molecule has 2 heterocycles. The van der Waals surface area contributed by atoms with Crippen molar-refractivity contribution in [3.05, 3.63) is 40.5 Å². The zero-order valence-corrected chi connectivity index (χ0v) is 9.87. The minimum absolute atomic E-state index is 0.0727. The zero-order chi connectivity index (χ0) is 13.4. The normalized spacial score (nSPS) is 14.3. The second kappa shape index (κ2) is 4.23. The highest BCUT2D eigenvalue weighted by atomic mass is 16.6. The second-order valence-corrected chi connectivity index (χ2v) is 4.37. The van der Waals surface area contributed by atoms with Crippen LogP contribution in [0.3, 0.4) is 0 Å². The topological polar surface area (TPSA) is 106 Å². The van der Waals surface area contributed by atoms with Crippen molar-refractivity contribution in [2.75, 3.05) is 5.32 Å². The van der Waals surface area contributed by atoms with Crippen LogP contribution in [0.2, 0.25) is 0 Å². The van der Waals surface area contributed by atoms with Crippen molar-refractivity contribution < 1.29 is 9.72 Å². The maximum atomic E-state index is 12.1. The molecule has 1 aliphatic rings. The summed E-state index contributed by atoms with van der Waals surface area (Å²) in [6, 6.07) is 1.47. The summed E-state index contributed by atoms with van der Waals surface area (Å²) in [5.74, 6) is -0.0915. The summed E-state index contributed by atoms with van der Waals surface area (Å²) < 4.78 is 1.66. The fourth-order valence-electron chi connectivity index (χ4n) is 1.91. The van der Waals surface area contributed by atoms with Gasteiger partial charge in [-0.25, -0.2) is 4.98 Å². The van der Waals surface area contributed by atoms with Crippen molar-refractivity contribution >= 4 is 17.5 Å². The number of nitro groups is 1. The summed E-state index contributed by atoms with van der Waals surface area (Å²) in [5.41, 5.74) is 0.210. The van der Waals surface area contributed by atoms with E-state index in [4.69, 9.17) is 0 Å². The van der Waals surface area contributed by atoms with Crippen LogP contribution in [0.15, 0.2) is 24.7 Å². The van der Waals surface area contributed by atoms with Crippen molar-refractivity contribution in [1.29, 1.82) is 0 Å². The molecule has 1 amide bonds. The first-order valence-electron chi connectivity index (χ1n) is 5.82. The van der Waals surface area contributed by atoms with Crippen LogP contribution in [-0.4, -0.2) is 25.4 Å². The van der Waals surface area contributed by atoms with Crippen LogP contribution < -0.4 is 5.32 Å². The fourth-order valence-corrected chi connectivity index (χ4v) is 1.91. The van der Waals surface area contributed by atoms with Gasteiger partial charge in [-0.05, 0) is 12.8 Å². The van der Waals surface area contributed by atoms with Crippen molar-refractivity contribution in [2.24, 2.45) is 0 Å². The van der Waals surface area contributed by atoms with E-state index in [-0.39, 0.29) is 17.4 Å². The third kappa shape index (κ3) is 2.19. The summed E-state index contributed by atoms with van der Waals surface area (Å²) >= 11 is 0. The van der Waals surface area contributed by atoms with Gasteiger partial charge in [0.1, 0.15) is 5.69 Å². The van der Waals surface area contributed by atoms with E-state index in [1.807, 2.05) is 0 Å². The molecule has 2 N–H and O–H groups in total. The SMILES string of the molecule is O=C(Nc1ncc[nH]1)c1cc([N+](=O)[O-])cn1C1CC1. The van der Waals surface area contributed by atoms with Gasteiger partial charge in [0.2, 0.25) is 5.95 Å². The van der Waals surface area contributed by atoms with E-state index in [1.54, 1.807) is 10.8 Å². The molecule has 8 heteroatoms. The Morgan fingerprint density at radius 3 is 2.95 bits per heavy atom. The summed E-state index contributed by atoms with van der Waals surface area (Å²) in [6.07, 6.45) is 6.38. The van der Waals surface area contributed by atoms with Crippen LogP contribution in [-0.2, 0) is 0 Å².